The van der Waals surface area contributed by atoms with Gasteiger partial charge >= 0.3 is 0 Å². The molecule has 0 saturated carbocycles. The largest absolute Gasteiger partial charge is 0.328 e. The topological polar surface area (TPSA) is 146 Å². The van der Waals surface area contributed by atoms with Gasteiger partial charge in [0.2, 0.25) is 5.95 Å². The van der Waals surface area contributed by atoms with E-state index in [9.17, 15) is 25.0 Å². The van der Waals surface area contributed by atoms with Gasteiger partial charge in [0.15, 0.2) is 11.6 Å². The van der Waals surface area contributed by atoms with Crippen molar-refractivity contribution >= 4 is 23.1 Å². The van der Waals surface area contributed by atoms with Crippen LogP contribution in [-0.2, 0) is 4.79 Å². The van der Waals surface area contributed by atoms with Crippen LogP contribution in [0.2, 0.25) is 0 Å². The number of rotatable bonds is 4. The summed E-state index contributed by atoms with van der Waals surface area (Å²) in [4.78, 5) is 39.3. The second-order valence-corrected chi connectivity index (χ2v) is 7.52. The molecule has 0 amide bonds. The van der Waals surface area contributed by atoms with E-state index in [-0.39, 0.29) is 23.0 Å². The first-order chi connectivity index (χ1) is 15.4. The van der Waals surface area contributed by atoms with Gasteiger partial charge in [-0.3, -0.25) is 25.0 Å². The SMILES string of the molecule is O=C1CCCC2=C1C(c1ccccc1[N+](=O)[O-])n1nc(-c3cccc([N+](=O)[O-])c3)nc1N2. The molecule has 2 aromatic carbocycles. The minimum absolute atomic E-state index is 0.0973. The molecular weight excluding hydrogens is 416 g/mol. The van der Waals surface area contributed by atoms with Crippen LogP contribution in [0, 0.1) is 20.2 Å². The smallest absolute Gasteiger partial charge is 0.275 e. The first-order valence-electron chi connectivity index (χ1n) is 9.92. The Balaban J connectivity index is 1.70. The average molecular weight is 432 g/mol. The minimum atomic E-state index is -0.824. The van der Waals surface area contributed by atoms with Gasteiger partial charge in [-0.15, -0.1) is 5.10 Å². The fraction of sp³-hybridized carbons (Fsp3) is 0.190. The molecule has 1 unspecified atom stereocenters. The molecule has 11 nitrogen and oxygen atoms in total. The Labute approximate surface area is 180 Å². The molecule has 0 spiro atoms. The maximum atomic E-state index is 12.9. The molecule has 0 fully saturated rings. The van der Waals surface area contributed by atoms with E-state index in [1.807, 2.05) is 0 Å². The number of benzene rings is 2. The summed E-state index contributed by atoms with van der Waals surface area (Å²) in [6, 6.07) is 11.3. The highest BCUT2D eigenvalue weighted by atomic mass is 16.6. The molecule has 2 aliphatic rings. The number of allylic oxidation sites excluding steroid dienone is 2. The van der Waals surface area contributed by atoms with E-state index in [0.717, 1.165) is 0 Å². The summed E-state index contributed by atoms with van der Waals surface area (Å²) < 4.78 is 1.46. The number of non-ortho nitro benzene ring substituents is 1. The van der Waals surface area contributed by atoms with Gasteiger partial charge < -0.3 is 5.32 Å². The summed E-state index contributed by atoms with van der Waals surface area (Å²) in [5.41, 5.74) is 1.64. The number of hydrogen-bond donors (Lipinski definition) is 1. The molecule has 160 valence electrons. The predicted molar refractivity (Wildman–Crippen MR) is 113 cm³/mol. The predicted octanol–water partition coefficient (Wildman–Crippen LogP) is 3.78. The van der Waals surface area contributed by atoms with Crippen LogP contribution in [0.4, 0.5) is 17.3 Å². The van der Waals surface area contributed by atoms with Crippen molar-refractivity contribution in [3.05, 3.63) is 85.6 Å². The van der Waals surface area contributed by atoms with E-state index >= 15 is 0 Å². The fourth-order valence-corrected chi connectivity index (χ4v) is 4.21. The Kier molecular flexibility index (Phi) is 4.51. The summed E-state index contributed by atoms with van der Waals surface area (Å²) in [5, 5.41) is 30.6. The highest BCUT2D eigenvalue weighted by Crippen LogP contribution is 2.43. The van der Waals surface area contributed by atoms with Crippen molar-refractivity contribution < 1.29 is 14.6 Å². The number of Topliss-reactive ketones (excluding diaryl/α,β-unsaturated/α-hetero) is 1. The molecule has 11 heteroatoms. The van der Waals surface area contributed by atoms with E-state index < -0.39 is 15.9 Å². The molecule has 32 heavy (non-hydrogen) atoms. The van der Waals surface area contributed by atoms with Crippen LogP contribution in [0.25, 0.3) is 11.4 Å². The lowest BCUT2D eigenvalue weighted by Crippen LogP contribution is -2.31. The van der Waals surface area contributed by atoms with Crippen molar-refractivity contribution in [2.75, 3.05) is 5.32 Å². The number of nitrogens with one attached hydrogen (secondary N) is 1. The van der Waals surface area contributed by atoms with Gasteiger partial charge in [0.05, 0.1) is 15.4 Å². The quantitative estimate of drug-likeness (QED) is 0.484. The molecule has 1 aliphatic heterocycles. The van der Waals surface area contributed by atoms with Gasteiger partial charge in [-0.2, -0.15) is 4.98 Å². The number of nitrogens with zero attached hydrogens (tertiary/aromatic N) is 5. The first-order valence-corrected chi connectivity index (χ1v) is 9.92. The third kappa shape index (κ3) is 3.11. The number of anilines is 1. The molecule has 3 aromatic rings. The average Bonchev–Trinajstić information content (AvgIpc) is 3.21. The second-order valence-electron chi connectivity index (χ2n) is 7.52. The molecule has 2 heterocycles. The molecule has 0 saturated heterocycles. The molecule has 0 bridgehead atoms. The van der Waals surface area contributed by atoms with E-state index in [0.29, 0.717) is 47.6 Å². The van der Waals surface area contributed by atoms with Crippen LogP contribution < -0.4 is 5.32 Å². The summed E-state index contributed by atoms with van der Waals surface area (Å²) >= 11 is 0. The zero-order chi connectivity index (χ0) is 22.4. The number of aromatic nitrogens is 3. The van der Waals surface area contributed by atoms with E-state index in [1.54, 1.807) is 24.3 Å². The van der Waals surface area contributed by atoms with Crippen LogP contribution in [0.5, 0.6) is 0 Å². The number of para-hydroxylation sites is 1. The molecule has 5 rings (SSSR count). The van der Waals surface area contributed by atoms with Gasteiger partial charge in [-0.05, 0) is 18.9 Å². The molecule has 1 aliphatic carbocycles. The van der Waals surface area contributed by atoms with Crippen LogP contribution in [0.3, 0.4) is 0 Å². The normalized spacial score (nSPS) is 17.4. The third-order valence-electron chi connectivity index (χ3n) is 5.61. The number of nitro benzene ring substituents is 2. The Bertz CT molecular complexity index is 1330. The van der Waals surface area contributed by atoms with E-state index in [1.165, 1.54) is 28.9 Å². The standard InChI is InChI=1S/C21H16N6O5/c28-17-10-4-8-15-18(17)19(14-7-1-2-9-16(14)27(31)32)25-21(22-15)23-20(24-25)12-5-3-6-13(11-12)26(29)30/h1-3,5-7,9,11,19H,4,8,10H2,(H,22,23,24). The van der Waals surface area contributed by atoms with Crippen molar-refractivity contribution in [2.24, 2.45) is 0 Å². The Hall–Kier alpha value is -4.41. The Morgan fingerprint density at radius 1 is 1.03 bits per heavy atom. The van der Waals surface area contributed by atoms with Gasteiger partial charge in [0.25, 0.3) is 11.4 Å². The van der Waals surface area contributed by atoms with Crippen molar-refractivity contribution in [2.45, 2.75) is 25.3 Å². The van der Waals surface area contributed by atoms with E-state index in [2.05, 4.69) is 15.4 Å². The van der Waals surface area contributed by atoms with E-state index in [4.69, 9.17) is 0 Å². The maximum Gasteiger partial charge on any atom is 0.275 e. The highest BCUT2D eigenvalue weighted by Gasteiger charge is 2.39. The number of ketones is 1. The monoisotopic (exact) mass is 432 g/mol. The van der Waals surface area contributed by atoms with Crippen molar-refractivity contribution in [1.29, 1.82) is 0 Å². The summed E-state index contributed by atoms with van der Waals surface area (Å²) in [5.74, 6) is 0.440. The van der Waals surface area contributed by atoms with Crippen molar-refractivity contribution in [3.63, 3.8) is 0 Å². The van der Waals surface area contributed by atoms with Crippen LogP contribution in [0.15, 0.2) is 59.8 Å². The lowest BCUT2D eigenvalue weighted by atomic mass is 9.85. The summed E-state index contributed by atoms with van der Waals surface area (Å²) in [6.07, 6.45) is 1.62. The van der Waals surface area contributed by atoms with Crippen LogP contribution in [-0.4, -0.2) is 30.4 Å². The number of fused-ring (bicyclic) bond motifs is 1. The molecule has 0 radical (unpaired) electrons. The molecule has 1 aromatic heterocycles. The molecule has 1 atom stereocenters. The second kappa shape index (κ2) is 7.38. The molecular formula is C21H16N6O5. The lowest BCUT2D eigenvalue weighted by molar-refractivity contribution is -0.385. The highest BCUT2D eigenvalue weighted by molar-refractivity contribution is 5.99. The van der Waals surface area contributed by atoms with Gasteiger partial charge in [-0.25, -0.2) is 4.68 Å². The summed E-state index contributed by atoms with van der Waals surface area (Å²) in [7, 11) is 0. The zero-order valence-corrected chi connectivity index (χ0v) is 16.6. The fourth-order valence-electron chi connectivity index (χ4n) is 4.21. The van der Waals surface area contributed by atoms with Gasteiger partial charge in [-0.1, -0.05) is 24.3 Å². The van der Waals surface area contributed by atoms with Crippen LogP contribution in [0.1, 0.15) is 30.9 Å². The minimum Gasteiger partial charge on any atom is -0.328 e. The third-order valence-corrected chi connectivity index (χ3v) is 5.61. The molecule has 1 N–H and O–H groups in total. The van der Waals surface area contributed by atoms with Gasteiger partial charge in [0.1, 0.15) is 6.04 Å². The number of nitro groups is 2. The van der Waals surface area contributed by atoms with Crippen LogP contribution >= 0.6 is 0 Å². The summed E-state index contributed by atoms with van der Waals surface area (Å²) in [6.45, 7) is 0. The zero-order valence-electron chi connectivity index (χ0n) is 16.6. The lowest BCUT2D eigenvalue weighted by Gasteiger charge is -2.31. The number of carbonyl (C=O) groups is 1. The Morgan fingerprint density at radius 2 is 1.84 bits per heavy atom. The van der Waals surface area contributed by atoms with Gasteiger partial charge in [0, 0.05) is 41.5 Å². The Morgan fingerprint density at radius 3 is 2.62 bits per heavy atom. The number of carbonyl (C=O) groups excluding carboxylic acids is 1. The maximum absolute atomic E-state index is 12.9. The van der Waals surface area contributed by atoms with Crippen molar-refractivity contribution in [3.8, 4) is 11.4 Å². The first kappa shape index (κ1) is 19.5. The van der Waals surface area contributed by atoms with Crippen molar-refractivity contribution in [1.82, 2.24) is 14.8 Å². The number of hydrogen-bond acceptors (Lipinski definition) is 8.